The second-order valence-corrected chi connectivity index (χ2v) is 9.76. The summed E-state index contributed by atoms with van der Waals surface area (Å²) in [5.41, 5.74) is 3.32. The SMILES string of the molecule is Nc1nc(C(=NO)C(=O)N[C@@H]2C(=O)N3C(C(=O)O)=C(C(CC(F)(F)F)=C4CCNC4=O)CS[C@H]23)cs1. The maximum absolute atomic E-state index is 13.4. The number of thioether (sulfide) groups is 1. The van der Waals surface area contributed by atoms with Crippen LogP contribution < -0.4 is 16.4 Å². The van der Waals surface area contributed by atoms with Crippen LogP contribution in [0, 0.1) is 0 Å². The van der Waals surface area contributed by atoms with Crippen molar-refractivity contribution >= 4 is 57.6 Å². The Hall–Kier alpha value is -3.60. The average molecular weight is 547 g/mol. The van der Waals surface area contributed by atoms with Gasteiger partial charge in [0.1, 0.15) is 22.8 Å². The van der Waals surface area contributed by atoms with Crippen molar-refractivity contribution in [3.63, 3.8) is 0 Å². The van der Waals surface area contributed by atoms with Gasteiger partial charge in [-0.1, -0.05) is 5.16 Å². The number of nitrogens with zero attached hydrogens (tertiary/aromatic N) is 3. The highest BCUT2D eigenvalue weighted by molar-refractivity contribution is 8.00. The van der Waals surface area contributed by atoms with E-state index in [4.69, 9.17) is 5.73 Å². The van der Waals surface area contributed by atoms with Gasteiger partial charge in [-0.2, -0.15) is 13.2 Å². The van der Waals surface area contributed by atoms with E-state index in [1.165, 1.54) is 5.38 Å². The van der Waals surface area contributed by atoms with Gasteiger partial charge in [-0.3, -0.25) is 19.3 Å². The summed E-state index contributed by atoms with van der Waals surface area (Å²) in [5.74, 6) is -4.51. The summed E-state index contributed by atoms with van der Waals surface area (Å²) in [6, 6.07) is -1.25. The molecule has 3 aliphatic heterocycles. The highest BCUT2D eigenvalue weighted by atomic mass is 32.2. The van der Waals surface area contributed by atoms with Crippen molar-refractivity contribution in [3.8, 4) is 0 Å². The fraction of sp³-hybridized carbons (Fsp3) is 0.368. The van der Waals surface area contributed by atoms with Crippen LogP contribution in [0.5, 0.6) is 0 Å². The number of carboxylic acid groups (broad SMARTS) is 1. The van der Waals surface area contributed by atoms with E-state index in [0.29, 0.717) is 0 Å². The average Bonchev–Trinajstić information content (AvgIpc) is 3.42. The maximum Gasteiger partial charge on any atom is 0.393 e. The molecule has 0 radical (unpaired) electrons. The van der Waals surface area contributed by atoms with Gasteiger partial charge in [0.25, 0.3) is 11.8 Å². The molecule has 0 spiro atoms. The number of nitrogen functional groups attached to an aromatic ring is 1. The molecular formula is C19H17F3N6O6S2. The third kappa shape index (κ3) is 4.62. The Balaban J connectivity index is 1.64. The van der Waals surface area contributed by atoms with Gasteiger partial charge in [-0.05, 0) is 17.6 Å². The number of carbonyl (C=O) groups excluding carboxylic acids is 3. The lowest BCUT2D eigenvalue weighted by Crippen LogP contribution is -2.71. The topological polar surface area (TPSA) is 187 Å². The number of amides is 3. The van der Waals surface area contributed by atoms with E-state index in [1.54, 1.807) is 0 Å². The largest absolute Gasteiger partial charge is 0.477 e. The molecule has 4 heterocycles. The van der Waals surface area contributed by atoms with Crippen molar-refractivity contribution < 1.29 is 42.7 Å². The van der Waals surface area contributed by atoms with Crippen molar-refractivity contribution in [3.05, 3.63) is 33.5 Å². The van der Waals surface area contributed by atoms with Gasteiger partial charge in [0, 0.05) is 23.3 Å². The van der Waals surface area contributed by atoms with E-state index in [9.17, 15) is 42.7 Å². The van der Waals surface area contributed by atoms with Crippen molar-refractivity contribution in [2.45, 2.75) is 30.4 Å². The minimum atomic E-state index is -4.74. The molecule has 0 aliphatic carbocycles. The number of oxime groups is 1. The zero-order valence-electron chi connectivity index (χ0n) is 18.0. The molecule has 12 nitrogen and oxygen atoms in total. The fourth-order valence-electron chi connectivity index (χ4n) is 4.07. The van der Waals surface area contributed by atoms with Crippen molar-refractivity contribution in [1.82, 2.24) is 20.5 Å². The van der Waals surface area contributed by atoms with Gasteiger partial charge in [0.05, 0.1) is 6.42 Å². The van der Waals surface area contributed by atoms with Crippen LogP contribution in [-0.2, 0) is 19.2 Å². The highest BCUT2D eigenvalue weighted by Gasteiger charge is 2.55. The molecule has 2 fully saturated rings. The number of carboxylic acids is 1. The second-order valence-electron chi connectivity index (χ2n) is 7.77. The number of anilines is 1. The minimum Gasteiger partial charge on any atom is -0.477 e. The van der Waals surface area contributed by atoms with E-state index in [1.807, 2.05) is 0 Å². The summed E-state index contributed by atoms with van der Waals surface area (Å²) in [6.45, 7) is 0.108. The van der Waals surface area contributed by atoms with E-state index in [2.05, 4.69) is 20.8 Å². The van der Waals surface area contributed by atoms with Crippen LogP contribution in [0.15, 0.2) is 33.0 Å². The lowest BCUT2D eigenvalue weighted by Gasteiger charge is -2.49. The summed E-state index contributed by atoms with van der Waals surface area (Å²) in [4.78, 5) is 54.4. The molecule has 3 aliphatic rings. The molecule has 1 aromatic heterocycles. The zero-order valence-corrected chi connectivity index (χ0v) is 19.6. The first kappa shape index (κ1) is 25.5. The van der Waals surface area contributed by atoms with Crippen LogP contribution in [0.2, 0.25) is 0 Å². The zero-order chi connectivity index (χ0) is 26.4. The number of hydrogen-bond donors (Lipinski definition) is 5. The van der Waals surface area contributed by atoms with Crippen LogP contribution in [0.4, 0.5) is 18.3 Å². The molecule has 0 bridgehead atoms. The predicted molar refractivity (Wildman–Crippen MR) is 120 cm³/mol. The molecular weight excluding hydrogens is 529 g/mol. The summed E-state index contributed by atoms with van der Waals surface area (Å²) < 4.78 is 40.1. The number of thiazole rings is 1. The number of halogens is 3. The molecule has 3 amide bonds. The molecule has 2 atom stereocenters. The number of nitrogens with one attached hydrogen (secondary N) is 2. The number of aliphatic carboxylic acids is 1. The van der Waals surface area contributed by atoms with Gasteiger partial charge in [-0.15, -0.1) is 23.1 Å². The molecule has 1 aromatic rings. The smallest absolute Gasteiger partial charge is 0.393 e. The summed E-state index contributed by atoms with van der Waals surface area (Å²) in [5, 5.41) is 27.2. The first-order valence-corrected chi connectivity index (χ1v) is 12.1. The van der Waals surface area contributed by atoms with Gasteiger partial charge < -0.3 is 26.7 Å². The van der Waals surface area contributed by atoms with Gasteiger partial charge in [0.2, 0.25) is 5.91 Å². The molecule has 2 saturated heterocycles. The highest BCUT2D eigenvalue weighted by Crippen LogP contribution is 2.45. The Morgan fingerprint density at radius 2 is 2.08 bits per heavy atom. The lowest BCUT2D eigenvalue weighted by molar-refractivity contribution is -0.150. The number of β-lactam (4-membered cyclic amide) rings is 1. The van der Waals surface area contributed by atoms with Crippen LogP contribution in [0.25, 0.3) is 0 Å². The fourth-order valence-corrected chi connectivity index (χ4v) is 6.01. The Bertz CT molecular complexity index is 1260. The standard InChI is InChI=1S/C19H17F3N6O6S2/c20-19(21,22)3-7(6-1-2-24-13(6)29)8-4-35-16-11(15(31)28(16)12(8)17(32)33)26-14(30)10(27-34)9-5-36-18(23)25-9/h5,11,16,34H,1-4H2,(H2,23,25)(H,24,29)(H,26,30)(H,32,33)/t11-,16-/m1/s1. The monoisotopic (exact) mass is 546 g/mol. The molecule has 6 N–H and O–H groups in total. The number of aromatic nitrogens is 1. The Morgan fingerprint density at radius 1 is 1.36 bits per heavy atom. The number of alkyl halides is 3. The Kier molecular flexibility index (Phi) is 6.70. The van der Waals surface area contributed by atoms with Crippen LogP contribution in [0.3, 0.4) is 0 Å². The van der Waals surface area contributed by atoms with E-state index < -0.39 is 64.7 Å². The molecule has 192 valence electrons. The van der Waals surface area contributed by atoms with Crippen LogP contribution in [-0.4, -0.2) is 79.5 Å². The van der Waals surface area contributed by atoms with Crippen molar-refractivity contribution in [1.29, 1.82) is 0 Å². The quantitative estimate of drug-likeness (QED) is 0.111. The number of carbonyl (C=O) groups is 4. The predicted octanol–water partition coefficient (Wildman–Crippen LogP) is 0.411. The number of nitrogens with two attached hydrogens (primary N) is 1. The van der Waals surface area contributed by atoms with Gasteiger partial charge >= 0.3 is 12.1 Å². The normalized spacial score (nSPS) is 23.8. The number of rotatable bonds is 6. The Morgan fingerprint density at radius 3 is 2.61 bits per heavy atom. The number of allylic oxidation sites excluding steroid dienone is 1. The van der Waals surface area contributed by atoms with Crippen molar-refractivity contribution in [2.24, 2.45) is 5.16 Å². The Labute approximate surface area is 208 Å². The van der Waals surface area contributed by atoms with Gasteiger partial charge in [0.15, 0.2) is 10.8 Å². The molecule has 0 saturated carbocycles. The van der Waals surface area contributed by atoms with E-state index >= 15 is 0 Å². The third-order valence-electron chi connectivity index (χ3n) is 5.58. The third-order valence-corrected chi connectivity index (χ3v) is 7.53. The second kappa shape index (κ2) is 9.45. The first-order chi connectivity index (χ1) is 16.9. The summed E-state index contributed by atoms with van der Waals surface area (Å²) >= 11 is 1.90. The first-order valence-electron chi connectivity index (χ1n) is 10.2. The minimum absolute atomic E-state index is 0.0220. The molecule has 17 heteroatoms. The summed E-state index contributed by atoms with van der Waals surface area (Å²) in [7, 11) is 0. The lowest BCUT2D eigenvalue weighted by atomic mass is 9.92. The molecule has 0 unspecified atom stereocenters. The van der Waals surface area contributed by atoms with Crippen LogP contribution >= 0.6 is 23.1 Å². The summed E-state index contributed by atoms with van der Waals surface area (Å²) in [6.07, 6.45) is -6.30. The van der Waals surface area contributed by atoms with E-state index in [0.717, 1.165) is 28.0 Å². The molecule has 4 rings (SSSR count). The van der Waals surface area contributed by atoms with E-state index in [-0.39, 0.29) is 40.7 Å². The number of hydrogen-bond acceptors (Lipinski definition) is 10. The van der Waals surface area contributed by atoms with Crippen molar-refractivity contribution in [2.75, 3.05) is 18.0 Å². The maximum atomic E-state index is 13.4. The molecule has 36 heavy (non-hydrogen) atoms. The van der Waals surface area contributed by atoms with Crippen LogP contribution in [0.1, 0.15) is 18.5 Å². The molecule has 0 aromatic carbocycles. The van der Waals surface area contributed by atoms with Gasteiger partial charge in [-0.25, -0.2) is 9.78 Å². The number of fused-ring (bicyclic) bond motifs is 1.